The smallest absolute Gasteiger partial charge is 0.255 e. The Kier molecular flexibility index (Phi) is 5.25. The molecule has 1 saturated heterocycles. The third kappa shape index (κ3) is 4.10. The molecular formula is C24H27NO5. The third-order valence-corrected chi connectivity index (χ3v) is 5.96. The molecular weight excluding hydrogens is 382 g/mol. The van der Waals surface area contributed by atoms with Crippen LogP contribution in [0.25, 0.3) is 0 Å². The lowest BCUT2D eigenvalue weighted by atomic mass is 9.94. The Morgan fingerprint density at radius 1 is 1.03 bits per heavy atom. The molecule has 1 atom stereocenters. The molecule has 2 aromatic carbocycles. The summed E-state index contributed by atoms with van der Waals surface area (Å²) in [6.07, 6.45) is 7.50. The van der Waals surface area contributed by atoms with Gasteiger partial charge < -0.3 is 24.3 Å². The number of benzene rings is 2. The van der Waals surface area contributed by atoms with Crippen LogP contribution in [-0.2, 0) is 4.74 Å². The lowest BCUT2D eigenvalue weighted by Crippen LogP contribution is -2.40. The standard InChI is InChI=1S/C24H27NO5/c26-23(17-6-4-7-19(14-17)28-16-20-8-5-13-27-20)25-18-9-10-21-22(15-18)30-24(29-21)11-2-1-3-12-24/h4,6-7,9-10,14-15,20H,1-3,5,8,11-13,16H2,(H,25,26). The summed E-state index contributed by atoms with van der Waals surface area (Å²) in [5, 5.41) is 2.95. The highest BCUT2D eigenvalue weighted by molar-refractivity contribution is 6.04. The molecule has 1 N–H and O–H groups in total. The van der Waals surface area contributed by atoms with E-state index in [1.165, 1.54) is 6.42 Å². The summed E-state index contributed by atoms with van der Waals surface area (Å²) < 4.78 is 23.7. The van der Waals surface area contributed by atoms with Gasteiger partial charge in [0.2, 0.25) is 0 Å². The minimum atomic E-state index is -0.516. The Balaban J connectivity index is 1.23. The maximum atomic E-state index is 12.8. The van der Waals surface area contributed by atoms with Crippen LogP contribution in [-0.4, -0.2) is 31.0 Å². The number of carbonyl (C=O) groups excluding carboxylic acids is 1. The normalized spacial score (nSPS) is 21.5. The Morgan fingerprint density at radius 3 is 2.73 bits per heavy atom. The third-order valence-electron chi connectivity index (χ3n) is 5.96. The van der Waals surface area contributed by atoms with Gasteiger partial charge in [-0.2, -0.15) is 0 Å². The Morgan fingerprint density at radius 2 is 1.90 bits per heavy atom. The lowest BCUT2D eigenvalue weighted by Gasteiger charge is -2.31. The Labute approximate surface area is 176 Å². The van der Waals surface area contributed by atoms with Crippen molar-refractivity contribution in [2.75, 3.05) is 18.5 Å². The summed E-state index contributed by atoms with van der Waals surface area (Å²) in [6, 6.07) is 12.8. The molecule has 30 heavy (non-hydrogen) atoms. The van der Waals surface area contributed by atoms with Gasteiger partial charge in [-0.05, 0) is 56.0 Å². The lowest BCUT2D eigenvalue weighted by molar-refractivity contribution is -0.105. The minimum Gasteiger partial charge on any atom is -0.491 e. The average molecular weight is 409 g/mol. The molecule has 0 aromatic heterocycles. The van der Waals surface area contributed by atoms with Gasteiger partial charge in [-0.3, -0.25) is 4.79 Å². The molecule has 1 saturated carbocycles. The molecule has 2 aliphatic heterocycles. The van der Waals surface area contributed by atoms with Crippen molar-refractivity contribution in [2.24, 2.45) is 0 Å². The van der Waals surface area contributed by atoms with Gasteiger partial charge in [0, 0.05) is 36.8 Å². The molecule has 0 radical (unpaired) electrons. The maximum absolute atomic E-state index is 12.8. The highest BCUT2D eigenvalue weighted by Gasteiger charge is 2.42. The first-order valence-electron chi connectivity index (χ1n) is 10.9. The van der Waals surface area contributed by atoms with Crippen LogP contribution in [0.2, 0.25) is 0 Å². The monoisotopic (exact) mass is 409 g/mol. The molecule has 1 aliphatic carbocycles. The van der Waals surface area contributed by atoms with Gasteiger partial charge in [-0.25, -0.2) is 0 Å². The fourth-order valence-electron chi connectivity index (χ4n) is 4.36. The summed E-state index contributed by atoms with van der Waals surface area (Å²) in [7, 11) is 0. The van der Waals surface area contributed by atoms with Crippen molar-refractivity contribution in [3.63, 3.8) is 0 Å². The molecule has 1 unspecified atom stereocenters. The molecule has 2 heterocycles. The highest BCUT2D eigenvalue weighted by Crippen LogP contribution is 2.46. The van der Waals surface area contributed by atoms with Gasteiger partial charge >= 0.3 is 0 Å². The number of amides is 1. The predicted octanol–water partition coefficient (Wildman–Crippen LogP) is 4.93. The molecule has 6 heteroatoms. The summed E-state index contributed by atoms with van der Waals surface area (Å²) >= 11 is 0. The first kappa shape index (κ1) is 19.2. The van der Waals surface area contributed by atoms with Crippen molar-refractivity contribution in [2.45, 2.75) is 56.8 Å². The predicted molar refractivity (Wildman–Crippen MR) is 112 cm³/mol. The zero-order valence-corrected chi connectivity index (χ0v) is 17.0. The van der Waals surface area contributed by atoms with Crippen molar-refractivity contribution in [3.05, 3.63) is 48.0 Å². The van der Waals surface area contributed by atoms with Crippen LogP contribution in [0.4, 0.5) is 5.69 Å². The second kappa shape index (κ2) is 8.19. The number of hydrogen-bond donors (Lipinski definition) is 1. The van der Waals surface area contributed by atoms with E-state index in [1.54, 1.807) is 12.1 Å². The topological polar surface area (TPSA) is 66.0 Å². The quantitative estimate of drug-likeness (QED) is 0.759. The van der Waals surface area contributed by atoms with Gasteiger partial charge in [0.15, 0.2) is 11.5 Å². The van der Waals surface area contributed by atoms with E-state index >= 15 is 0 Å². The van der Waals surface area contributed by atoms with Gasteiger partial charge in [0.1, 0.15) is 12.4 Å². The zero-order valence-electron chi connectivity index (χ0n) is 17.0. The number of rotatable bonds is 5. The molecule has 1 spiro atoms. The minimum absolute atomic E-state index is 0.142. The number of hydrogen-bond acceptors (Lipinski definition) is 5. The van der Waals surface area contributed by atoms with E-state index in [0.29, 0.717) is 29.4 Å². The second-order valence-electron chi connectivity index (χ2n) is 8.26. The van der Waals surface area contributed by atoms with Crippen molar-refractivity contribution in [1.82, 2.24) is 0 Å². The summed E-state index contributed by atoms with van der Waals surface area (Å²) in [6.45, 7) is 1.31. The number of ether oxygens (including phenoxy) is 4. The van der Waals surface area contributed by atoms with E-state index in [2.05, 4.69) is 5.32 Å². The van der Waals surface area contributed by atoms with Crippen molar-refractivity contribution in [3.8, 4) is 17.2 Å². The molecule has 5 rings (SSSR count). The van der Waals surface area contributed by atoms with E-state index in [4.69, 9.17) is 18.9 Å². The van der Waals surface area contributed by atoms with Crippen LogP contribution in [0, 0.1) is 0 Å². The number of fused-ring (bicyclic) bond motifs is 1. The zero-order chi connectivity index (χ0) is 20.4. The van der Waals surface area contributed by atoms with Crippen LogP contribution in [0.3, 0.4) is 0 Å². The first-order valence-corrected chi connectivity index (χ1v) is 10.9. The molecule has 2 aromatic rings. The van der Waals surface area contributed by atoms with Crippen molar-refractivity contribution < 1.29 is 23.7 Å². The summed E-state index contributed by atoms with van der Waals surface area (Å²) in [5.74, 6) is 1.41. The maximum Gasteiger partial charge on any atom is 0.255 e. The van der Waals surface area contributed by atoms with Gasteiger partial charge in [0.05, 0.1) is 6.10 Å². The summed E-state index contributed by atoms with van der Waals surface area (Å²) in [5.41, 5.74) is 1.22. The SMILES string of the molecule is O=C(Nc1ccc2c(c1)OC1(CCCCC1)O2)c1cccc(OCC2CCCO2)c1. The number of nitrogens with one attached hydrogen (secondary N) is 1. The second-order valence-corrected chi connectivity index (χ2v) is 8.26. The average Bonchev–Trinajstić information content (AvgIpc) is 3.40. The Hall–Kier alpha value is -2.73. The van der Waals surface area contributed by atoms with E-state index in [-0.39, 0.29) is 12.0 Å². The van der Waals surface area contributed by atoms with E-state index in [9.17, 15) is 4.79 Å². The van der Waals surface area contributed by atoms with Crippen LogP contribution >= 0.6 is 0 Å². The van der Waals surface area contributed by atoms with E-state index in [1.807, 2.05) is 30.3 Å². The van der Waals surface area contributed by atoms with Crippen LogP contribution < -0.4 is 19.5 Å². The van der Waals surface area contributed by atoms with Gasteiger partial charge in [0.25, 0.3) is 11.7 Å². The fourth-order valence-corrected chi connectivity index (χ4v) is 4.36. The molecule has 3 aliphatic rings. The number of carbonyl (C=O) groups is 1. The van der Waals surface area contributed by atoms with Crippen molar-refractivity contribution in [1.29, 1.82) is 0 Å². The molecule has 2 fully saturated rings. The highest BCUT2D eigenvalue weighted by atomic mass is 16.7. The molecule has 1 amide bonds. The van der Waals surface area contributed by atoms with E-state index < -0.39 is 5.79 Å². The fraction of sp³-hybridized carbons (Fsp3) is 0.458. The molecule has 158 valence electrons. The van der Waals surface area contributed by atoms with Gasteiger partial charge in [-0.1, -0.05) is 12.5 Å². The molecule has 6 nitrogen and oxygen atoms in total. The van der Waals surface area contributed by atoms with Crippen molar-refractivity contribution >= 4 is 11.6 Å². The van der Waals surface area contributed by atoms with Gasteiger partial charge in [-0.15, -0.1) is 0 Å². The van der Waals surface area contributed by atoms with Crippen LogP contribution in [0.1, 0.15) is 55.3 Å². The number of anilines is 1. The van der Waals surface area contributed by atoms with E-state index in [0.717, 1.165) is 50.9 Å². The molecule has 0 bridgehead atoms. The summed E-state index contributed by atoms with van der Waals surface area (Å²) in [4.78, 5) is 12.8. The van der Waals surface area contributed by atoms with Crippen LogP contribution in [0.15, 0.2) is 42.5 Å². The first-order chi connectivity index (χ1) is 14.7. The largest absolute Gasteiger partial charge is 0.491 e. The Bertz CT molecular complexity index is 916. The van der Waals surface area contributed by atoms with Crippen LogP contribution in [0.5, 0.6) is 17.2 Å².